The predicted molar refractivity (Wildman–Crippen MR) is 132 cm³/mol. The van der Waals surface area contributed by atoms with Gasteiger partial charge in [-0.2, -0.15) is 4.31 Å². The molecule has 9 nitrogen and oxygen atoms in total. The highest BCUT2D eigenvalue weighted by molar-refractivity contribution is 7.89. The molecule has 0 aliphatic carbocycles. The maximum atomic E-state index is 13.6. The van der Waals surface area contributed by atoms with Gasteiger partial charge in [0.25, 0.3) is 5.91 Å². The van der Waals surface area contributed by atoms with Crippen LogP contribution in [0.3, 0.4) is 0 Å². The van der Waals surface area contributed by atoms with Crippen molar-refractivity contribution in [3.63, 3.8) is 0 Å². The van der Waals surface area contributed by atoms with Gasteiger partial charge in [0.15, 0.2) is 6.10 Å². The summed E-state index contributed by atoms with van der Waals surface area (Å²) in [6, 6.07) is 10.3. The topological polar surface area (TPSA) is 105 Å². The Morgan fingerprint density at radius 2 is 1.97 bits per heavy atom. The Kier molecular flexibility index (Phi) is 7.05. The van der Waals surface area contributed by atoms with E-state index in [2.05, 4.69) is 5.32 Å². The van der Waals surface area contributed by atoms with Crippen LogP contribution in [0.1, 0.15) is 32.3 Å². The quantitative estimate of drug-likeness (QED) is 0.652. The van der Waals surface area contributed by atoms with Crippen LogP contribution in [0.2, 0.25) is 0 Å². The summed E-state index contributed by atoms with van der Waals surface area (Å²) in [6.45, 7) is 6.11. The molecule has 35 heavy (non-hydrogen) atoms. The molecule has 2 amide bonds. The van der Waals surface area contributed by atoms with Crippen LogP contribution in [0.15, 0.2) is 41.3 Å². The molecule has 2 heterocycles. The van der Waals surface area contributed by atoms with Gasteiger partial charge in [-0.25, -0.2) is 8.42 Å². The van der Waals surface area contributed by atoms with E-state index in [9.17, 15) is 18.0 Å². The van der Waals surface area contributed by atoms with E-state index in [1.807, 2.05) is 19.1 Å². The average Bonchev–Trinajstić information content (AvgIpc) is 2.85. The van der Waals surface area contributed by atoms with Crippen molar-refractivity contribution < 1.29 is 27.5 Å². The number of hydrogen-bond acceptors (Lipinski definition) is 6. The summed E-state index contributed by atoms with van der Waals surface area (Å²) < 4.78 is 39.5. The lowest BCUT2D eigenvalue weighted by Gasteiger charge is -2.34. The first-order valence-electron chi connectivity index (χ1n) is 11.7. The molecule has 10 heteroatoms. The van der Waals surface area contributed by atoms with Gasteiger partial charge in [-0.1, -0.05) is 0 Å². The second-order valence-corrected chi connectivity index (χ2v) is 10.8. The molecule has 0 aromatic heterocycles. The zero-order valence-corrected chi connectivity index (χ0v) is 21.2. The molecule has 2 atom stereocenters. The van der Waals surface area contributed by atoms with Gasteiger partial charge in [0, 0.05) is 31.4 Å². The van der Waals surface area contributed by atoms with Crippen molar-refractivity contribution in [2.45, 2.75) is 44.6 Å². The van der Waals surface area contributed by atoms with Gasteiger partial charge in [-0.3, -0.25) is 9.59 Å². The summed E-state index contributed by atoms with van der Waals surface area (Å²) in [5, 5.41) is 2.74. The Hall–Kier alpha value is -3.11. The molecule has 0 bridgehead atoms. The first-order chi connectivity index (χ1) is 16.6. The number of amides is 2. The van der Waals surface area contributed by atoms with E-state index in [1.165, 1.54) is 10.4 Å². The van der Waals surface area contributed by atoms with Crippen LogP contribution < -0.4 is 19.7 Å². The lowest BCUT2D eigenvalue weighted by molar-refractivity contribution is -0.123. The van der Waals surface area contributed by atoms with Crippen LogP contribution in [-0.2, 0) is 19.6 Å². The third-order valence-corrected chi connectivity index (χ3v) is 8.53. The van der Waals surface area contributed by atoms with E-state index >= 15 is 0 Å². The Labute approximate surface area is 206 Å². The number of fused-ring (bicyclic) bond motifs is 1. The maximum absolute atomic E-state index is 13.6. The summed E-state index contributed by atoms with van der Waals surface area (Å²) in [6.07, 6.45) is 0.493. The van der Waals surface area contributed by atoms with Gasteiger partial charge >= 0.3 is 0 Å². The lowest BCUT2D eigenvalue weighted by atomic mass is 9.97. The van der Waals surface area contributed by atoms with E-state index in [0.29, 0.717) is 48.7 Å². The van der Waals surface area contributed by atoms with Crippen molar-refractivity contribution >= 4 is 33.2 Å². The Morgan fingerprint density at radius 1 is 1.26 bits per heavy atom. The molecule has 1 saturated heterocycles. The fraction of sp³-hybridized carbons (Fsp3) is 0.440. The Bertz CT molecular complexity index is 1230. The molecule has 1 N–H and O–H groups in total. The lowest BCUT2D eigenvalue weighted by Crippen LogP contribution is -2.47. The number of anilines is 2. The minimum absolute atomic E-state index is 0.0976. The molecule has 0 spiro atoms. The van der Waals surface area contributed by atoms with Crippen molar-refractivity contribution in [3.8, 4) is 11.5 Å². The summed E-state index contributed by atoms with van der Waals surface area (Å²) >= 11 is 0. The van der Waals surface area contributed by atoms with E-state index in [-0.39, 0.29) is 23.3 Å². The monoisotopic (exact) mass is 501 g/mol. The van der Waals surface area contributed by atoms with E-state index < -0.39 is 22.0 Å². The number of hydrogen-bond donors (Lipinski definition) is 1. The third kappa shape index (κ3) is 4.85. The zero-order valence-electron chi connectivity index (χ0n) is 20.4. The van der Waals surface area contributed by atoms with Crippen LogP contribution in [0.25, 0.3) is 0 Å². The largest absolute Gasteiger partial charge is 0.497 e. The number of nitrogens with zero attached hydrogens (tertiary/aromatic N) is 2. The maximum Gasteiger partial charge on any atom is 0.265 e. The van der Waals surface area contributed by atoms with Crippen LogP contribution in [-0.4, -0.2) is 57.4 Å². The van der Waals surface area contributed by atoms with E-state index in [0.717, 1.165) is 5.69 Å². The molecule has 0 unspecified atom stereocenters. The van der Waals surface area contributed by atoms with Crippen LogP contribution >= 0.6 is 0 Å². The molecule has 2 aliphatic rings. The Balaban J connectivity index is 1.56. The van der Waals surface area contributed by atoms with E-state index in [4.69, 9.17) is 9.47 Å². The van der Waals surface area contributed by atoms with E-state index in [1.54, 1.807) is 44.1 Å². The number of nitrogens with one attached hydrogen (secondary N) is 1. The highest BCUT2D eigenvalue weighted by Crippen LogP contribution is 2.36. The van der Waals surface area contributed by atoms with Gasteiger partial charge in [-0.15, -0.1) is 0 Å². The summed E-state index contributed by atoms with van der Waals surface area (Å²) in [7, 11) is -2.29. The van der Waals surface area contributed by atoms with Crippen molar-refractivity contribution in [1.29, 1.82) is 0 Å². The first-order valence-corrected chi connectivity index (χ1v) is 13.2. The van der Waals surface area contributed by atoms with Gasteiger partial charge < -0.3 is 19.7 Å². The normalized spacial score (nSPS) is 20.4. The SMILES string of the molecule is CCN(C(=O)[C@H]1CCCN(S(=O)(=O)c2cc3c(cc2C)NC(=O)[C@@H](C)O3)C1)c1ccc(OC)cc1. The molecule has 0 saturated carbocycles. The first kappa shape index (κ1) is 25.0. The smallest absolute Gasteiger partial charge is 0.265 e. The third-order valence-electron chi connectivity index (χ3n) is 6.53. The minimum Gasteiger partial charge on any atom is -0.497 e. The number of methoxy groups -OCH3 is 1. The average molecular weight is 502 g/mol. The number of rotatable bonds is 6. The van der Waals surface area contributed by atoms with Crippen molar-refractivity contribution in [2.24, 2.45) is 5.92 Å². The number of sulfonamides is 1. The molecule has 4 rings (SSSR count). The molecule has 1 fully saturated rings. The highest BCUT2D eigenvalue weighted by atomic mass is 32.2. The summed E-state index contributed by atoms with van der Waals surface area (Å²) in [5.74, 6) is 0.198. The highest BCUT2D eigenvalue weighted by Gasteiger charge is 2.37. The van der Waals surface area contributed by atoms with Crippen molar-refractivity contribution in [3.05, 3.63) is 42.0 Å². The number of carbonyl (C=O) groups is 2. The second kappa shape index (κ2) is 9.87. The number of carbonyl (C=O) groups excluding carboxylic acids is 2. The Morgan fingerprint density at radius 3 is 2.63 bits per heavy atom. The standard InChI is InChI=1S/C25H31N3O6S/c1-5-28(19-8-10-20(33-4)11-9-19)25(30)18-7-6-12-27(15-18)35(31,32)23-14-22-21(13-16(23)2)26-24(29)17(3)34-22/h8-11,13-14,17-18H,5-7,12,15H2,1-4H3,(H,26,29)/t17-,18+/m1/s1. The number of piperidine rings is 1. The number of ether oxygens (including phenoxy) is 2. The summed E-state index contributed by atoms with van der Waals surface area (Å²) in [4.78, 5) is 27.1. The van der Waals surface area contributed by atoms with Gasteiger partial charge in [-0.05, 0) is 69.5 Å². The van der Waals surface area contributed by atoms with Crippen LogP contribution in [0.4, 0.5) is 11.4 Å². The molecule has 2 aliphatic heterocycles. The van der Waals surface area contributed by atoms with Crippen molar-refractivity contribution in [1.82, 2.24) is 4.31 Å². The minimum atomic E-state index is -3.88. The number of benzene rings is 2. The van der Waals surface area contributed by atoms with Crippen LogP contribution in [0, 0.1) is 12.8 Å². The zero-order chi connectivity index (χ0) is 25.3. The fourth-order valence-electron chi connectivity index (χ4n) is 4.57. The van der Waals surface area contributed by atoms with Gasteiger partial charge in [0.2, 0.25) is 15.9 Å². The molecule has 2 aromatic rings. The predicted octanol–water partition coefficient (Wildman–Crippen LogP) is 3.18. The van der Waals surface area contributed by atoms with Gasteiger partial charge in [0.05, 0.1) is 23.6 Å². The second-order valence-electron chi connectivity index (χ2n) is 8.85. The van der Waals surface area contributed by atoms with Crippen molar-refractivity contribution in [2.75, 3.05) is 37.0 Å². The van der Waals surface area contributed by atoms with Crippen LogP contribution in [0.5, 0.6) is 11.5 Å². The molecular formula is C25H31N3O6S. The molecule has 0 radical (unpaired) electrons. The molecule has 2 aromatic carbocycles. The fourth-order valence-corrected chi connectivity index (χ4v) is 6.32. The number of aryl methyl sites for hydroxylation is 1. The molecular weight excluding hydrogens is 470 g/mol. The van der Waals surface area contributed by atoms with Gasteiger partial charge in [0.1, 0.15) is 11.5 Å². The molecule has 188 valence electrons. The summed E-state index contributed by atoms with van der Waals surface area (Å²) in [5.41, 5.74) is 1.70.